The van der Waals surface area contributed by atoms with Crippen molar-refractivity contribution < 1.29 is 47.6 Å². The minimum Gasteiger partial charge on any atom is -0.748 e. The molecule has 0 atom stereocenters. The Bertz CT molecular complexity index is 253. The SMILES string of the molecule is CCCS(=O)(=O)[O-].OCCN1CCNCC1.[Na+]. The summed E-state index contributed by atoms with van der Waals surface area (Å²) in [6.45, 7) is 7.08. The molecule has 1 saturated heterocycles. The van der Waals surface area contributed by atoms with Gasteiger partial charge in [-0.05, 0) is 6.42 Å². The molecule has 1 heterocycles. The molecule has 0 amide bonds. The Labute approximate surface area is 126 Å². The number of aliphatic hydroxyl groups is 1. The minimum atomic E-state index is -3.92. The largest absolute Gasteiger partial charge is 1.00 e. The molecule has 0 aromatic carbocycles. The van der Waals surface area contributed by atoms with Gasteiger partial charge in [0.15, 0.2) is 0 Å². The van der Waals surface area contributed by atoms with Crippen molar-refractivity contribution in [1.82, 2.24) is 10.2 Å². The minimum absolute atomic E-state index is 0. The van der Waals surface area contributed by atoms with E-state index < -0.39 is 10.1 Å². The first-order valence-corrected chi connectivity index (χ1v) is 7.05. The van der Waals surface area contributed by atoms with Crippen LogP contribution in [-0.4, -0.2) is 68.1 Å². The molecule has 1 aliphatic rings. The van der Waals surface area contributed by atoms with Gasteiger partial charge in [0.05, 0.1) is 16.7 Å². The fraction of sp³-hybridized carbons (Fsp3) is 1.00. The fourth-order valence-corrected chi connectivity index (χ4v) is 1.83. The predicted molar refractivity (Wildman–Crippen MR) is 61.3 cm³/mol. The number of β-amino-alcohol motifs (C(OH)–C–C–N with tert-alkyl or cyclic N) is 1. The summed E-state index contributed by atoms with van der Waals surface area (Å²) in [4.78, 5) is 2.26. The van der Waals surface area contributed by atoms with Crippen molar-refractivity contribution in [2.45, 2.75) is 13.3 Å². The Balaban J connectivity index is 0. The van der Waals surface area contributed by atoms with Gasteiger partial charge in [-0.2, -0.15) is 0 Å². The molecule has 0 bridgehead atoms. The van der Waals surface area contributed by atoms with Crippen LogP contribution in [0.3, 0.4) is 0 Å². The van der Waals surface area contributed by atoms with Crippen molar-refractivity contribution in [1.29, 1.82) is 0 Å². The van der Waals surface area contributed by atoms with Gasteiger partial charge in [-0.1, -0.05) is 6.92 Å². The second-order valence-electron chi connectivity index (χ2n) is 3.58. The van der Waals surface area contributed by atoms with Crippen LogP contribution in [0.1, 0.15) is 13.3 Å². The third-order valence-electron chi connectivity index (χ3n) is 2.08. The van der Waals surface area contributed by atoms with Crippen molar-refractivity contribution in [2.24, 2.45) is 0 Å². The Morgan fingerprint density at radius 3 is 2.18 bits per heavy atom. The summed E-state index contributed by atoms with van der Waals surface area (Å²) < 4.78 is 29.0. The van der Waals surface area contributed by atoms with Gasteiger partial charge in [0.2, 0.25) is 0 Å². The van der Waals surface area contributed by atoms with Gasteiger partial charge >= 0.3 is 29.6 Å². The molecule has 0 spiro atoms. The van der Waals surface area contributed by atoms with Gasteiger partial charge in [-0.3, -0.25) is 4.90 Å². The zero-order valence-electron chi connectivity index (χ0n) is 10.7. The van der Waals surface area contributed by atoms with E-state index >= 15 is 0 Å². The van der Waals surface area contributed by atoms with Crippen LogP contribution < -0.4 is 34.9 Å². The van der Waals surface area contributed by atoms with Crippen molar-refractivity contribution in [3.63, 3.8) is 0 Å². The van der Waals surface area contributed by atoms with Gasteiger partial charge in [-0.15, -0.1) is 0 Å². The molecule has 6 nitrogen and oxygen atoms in total. The molecular formula is C9H21N2NaO4S. The number of aliphatic hydroxyl groups excluding tert-OH is 1. The molecule has 8 heteroatoms. The van der Waals surface area contributed by atoms with Crippen LogP contribution in [0.2, 0.25) is 0 Å². The number of rotatable bonds is 4. The standard InChI is InChI=1S/C6H14N2O.C3H8O3S.Na/c9-6-5-8-3-1-7-2-4-8;1-2-3-7(4,5)6;/h7,9H,1-6H2;2-3H2,1H3,(H,4,5,6);/q;;+1/p-1. The van der Waals surface area contributed by atoms with Crippen LogP contribution in [0.4, 0.5) is 0 Å². The van der Waals surface area contributed by atoms with E-state index in [9.17, 15) is 13.0 Å². The first kappa shape index (κ1) is 20.1. The first-order valence-electron chi connectivity index (χ1n) is 5.47. The van der Waals surface area contributed by atoms with E-state index in [0.29, 0.717) is 13.0 Å². The van der Waals surface area contributed by atoms with Crippen molar-refractivity contribution in [3.05, 3.63) is 0 Å². The van der Waals surface area contributed by atoms with Crippen LogP contribution in [0.25, 0.3) is 0 Å². The van der Waals surface area contributed by atoms with E-state index in [2.05, 4.69) is 10.2 Å². The van der Waals surface area contributed by atoms with Crippen molar-refractivity contribution in [2.75, 3.05) is 45.1 Å². The van der Waals surface area contributed by atoms with Crippen LogP contribution in [0.15, 0.2) is 0 Å². The van der Waals surface area contributed by atoms with E-state index in [1.54, 1.807) is 6.92 Å². The maximum Gasteiger partial charge on any atom is 1.00 e. The van der Waals surface area contributed by atoms with Crippen LogP contribution >= 0.6 is 0 Å². The normalized spacial score (nSPS) is 16.6. The summed E-state index contributed by atoms with van der Waals surface area (Å²) >= 11 is 0. The number of hydrogen-bond acceptors (Lipinski definition) is 6. The second-order valence-corrected chi connectivity index (χ2v) is 5.10. The van der Waals surface area contributed by atoms with E-state index in [-0.39, 0.29) is 35.3 Å². The van der Waals surface area contributed by atoms with Crippen LogP contribution in [-0.2, 0) is 10.1 Å². The quantitative estimate of drug-likeness (QED) is 0.400. The zero-order chi connectivity index (χ0) is 12.4. The molecule has 17 heavy (non-hydrogen) atoms. The van der Waals surface area contributed by atoms with Gasteiger partial charge in [0.25, 0.3) is 0 Å². The molecule has 1 rings (SSSR count). The summed E-state index contributed by atoms with van der Waals surface area (Å²) in [5, 5.41) is 11.8. The molecular weight excluding hydrogens is 255 g/mol. The van der Waals surface area contributed by atoms with Crippen LogP contribution in [0.5, 0.6) is 0 Å². The molecule has 0 radical (unpaired) electrons. The van der Waals surface area contributed by atoms with Gasteiger partial charge in [0, 0.05) is 38.5 Å². The molecule has 1 aliphatic heterocycles. The summed E-state index contributed by atoms with van der Waals surface area (Å²) in [7, 11) is -3.92. The van der Waals surface area contributed by atoms with Gasteiger partial charge in [0.1, 0.15) is 0 Å². The Morgan fingerprint density at radius 1 is 1.35 bits per heavy atom. The van der Waals surface area contributed by atoms with Crippen LogP contribution in [0, 0.1) is 0 Å². The summed E-state index contributed by atoms with van der Waals surface area (Å²) in [5.74, 6) is -0.243. The topological polar surface area (TPSA) is 92.7 Å². The predicted octanol–water partition coefficient (Wildman–Crippen LogP) is -4.17. The van der Waals surface area contributed by atoms with Gasteiger partial charge in [-0.25, -0.2) is 8.42 Å². The molecule has 0 saturated carbocycles. The fourth-order valence-electron chi connectivity index (χ4n) is 1.33. The van der Waals surface area contributed by atoms with E-state index in [0.717, 1.165) is 32.7 Å². The van der Waals surface area contributed by atoms with E-state index in [1.165, 1.54) is 0 Å². The Morgan fingerprint density at radius 2 is 1.88 bits per heavy atom. The summed E-state index contributed by atoms with van der Waals surface area (Å²) in [6, 6.07) is 0. The zero-order valence-corrected chi connectivity index (χ0v) is 13.5. The number of hydrogen-bond donors (Lipinski definition) is 2. The molecule has 98 valence electrons. The summed E-state index contributed by atoms with van der Waals surface area (Å²) in [5.41, 5.74) is 0. The molecule has 0 aromatic heterocycles. The van der Waals surface area contributed by atoms with E-state index in [4.69, 9.17) is 5.11 Å². The molecule has 0 aromatic rings. The van der Waals surface area contributed by atoms with Gasteiger partial charge < -0.3 is 15.0 Å². The third kappa shape index (κ3) is 14.7. The Hall–Kier alpha value is 0.790. The monoisotopic (exact) mass is 276 g/mol. The summed E-state index contributed by atoms with van der Waals surface area (Å²) in [6.07, 6.45) is 0.409. The maximum atomic E-state index is 9.68. The maximum absolute atomic E-state index is 9.68. The molecule has 2 N–H and O–H groups in total. The third-order valence-corrected chi connectivity index (χ3v) is 2.99. The molecule has 0 unspecified atom stereocenters. The average molecular weight is 276 g/mol. The number of nitrogens with zero attached hydrogens (tertiary/aromatic N) is 1. The van der Waals surface area contributed by atoms with Crippen molar-refractivity contribution >= 4 is 10.1 Å². The smallest absolute Gasteiger partial charge is 0.748 e. The first-order chi connectivity index (χ1) is 7.49. The molecule has 0 aliphatic carbocycles. The number of nitrogens with one attached hydrogen (secondary N) is 1. The van der Waals surface area contributed by atoms with Crippen molar-refractivity contribution in [3.8, 4) is 0 Å². The second kappa shape index (κ2) is 11.9. The molecule has 1 fully saturated rings. The van der Waals surface area contributed by atoms with E-state index in [1.807, 2.05) is 0 Å². The Kier molecular flexibility index (Phi) is 14.0. The number of piperazine rings is 1. The average Bonchev–Trinajstić information content (AvgIpc) is 2.19.